The number of pyridine rings is 2. The molecule has 6 rings (SSSR count). The lowest BCUT2D eigenvalue weighted by Crippen LogP contribution is -2.06. The molecule has 11 nitrogen and oxygen atoms in total. The minimum absolute atomic E-state index is 0.0852. The molecule has 45 heavy (non-hydrogen) atoms. The minimum Gasteiger partial charge on any atom is -0.329 e. The van der Waals surface area contributed by atoms with Crippen LogP contribution in [0.2, 0.25) is 0 Å². The lowest BCUT2D eigenvalue weighted by Gasteiger charge is -2.12. The summed E-state index contributed by atoms with van der Waals surface area (Å²) in [5.74, 6) is 0. The molecule has 0 bridgehead atoms. The van der Waals surface area contributed by atoms with Crippen molar-refractivity contribution in [1.82, 2.24) is 19.5 Å². The van der Waals surface area contributed by atoms with Gasteiger partial charge in [-0.1, -0.05) is 34.1 Å². The van der Waals surface area contributed by atoms with E-state index in [0.717, 1.165) is 40.1 Å². The number of benzene rings is 2. The van der Waals surface area contributed by atoms with Crippen LogP contribution in [0.25, 0.3) is 22.3 Å². The zero-order valence-electron chi connectivity index (χ0n) is 24.6. The van der Waals surface area contributed by atoms with Gasteiger partial charge in [-0.25, -0.2) is 4.98 Å². The van der Waals surface area contributed by atoms with Crippen molar-refractivity contribution in [3.05, 3.63) is 148 Å². The van der Waals surface area contributed by atoms with Crippen LogP contribution in [0.4, 0.5) is 11.4 Å². The molecule has 2 unspecified atom stereocenters. The Balaban J connectivity index is 0.000000180. The van der Waals surface area contributed by atoms with Gasteiger partial charge in [0.15, 0.2) is 0 Å². The van der Waals surface area contributed by atoms with Gasteiger partial charge in [-0.05, 0) is 61.4 Å². The smallest absolute Gasteiger partial charge is 0.269 e. The minimum atomic E-state index is -0.405. The second kappa shape index (κ2) is 15.9. The quantitative estimate of drug-likeness (QED) is 0.0961. The van der Waals surface area contributed by atoms with Crippen molar-refractivity contribution in [3.8, 4) is 22.3 Å². The van der Waals surface area contributed by atoms with Crippen LogP contribution < -0.4 is 0 Å². The van der Waals surface area contributed by atoms with Crippen molar-refractivity contribution >= 4 is 33.5 Å². The normalized spacial score (nSPS) is 12.7. The van der Waals surface area contributed by atoms with Gasteiger partial charge < -0.3 is 4.57 Å². The number of nitrogens with zero attached hydrogens (tertiary/aromatic N) is 7. The average molecular weight is 669 g/mol. The molecular formula is C33H30BrN7O4. The summed E-state index contributed by atoms with van der Waals surface area (Å²) in [6.07, 6.45) is 15.7. The van der Waals surface area contributed by atoms with Gasteiger partial charge in [0, 0.05) is 79.0 Å². The Morgan fingerprint density at radius 3 is 1.60 bits per heavy atom. The molecule has 0 N–H and O–H groups in total. The number of allylic oxidation sites excluding steroid dienone is 1. The molecule has 1 aliphatic rings. The highest BCUT2D eigenvalue weighted by atomic mass is 79.9. The Bertz CT molecular complexity index is 1730. The van der Waals surface area contributed by atoms with Crippen LogP contribution >= 0.6 is 15.9 Å². The second-order valence-electron chi connectivity index (χ2n) is 9.81. The molecule has 0 aliphatic carbocycles. The van der Waals surface area contributed by atoms with Gasteiger partial charge >= 0.3 is 0 Å². The summed E-state index contributed by atoms with van der Waals surface area (Å²) in [5.41, 5.74) is 5.77. The van der Waals surface area contributed by atoms with E-state index in [-0.39, 0.29) is 22.2 Å². The van der Waals surface area contributed by atoms with E-state index < -0.39 is 9.85 Å². The second-order valence-corrected chi connectivity index (χ2v) is 11.2. The first kappa shape index (κ1) is 32.6. The zero-order chi connectivity index (χ0) is 32.2. The monoisotopic (exact) mass is 667 g/mol. The Kier molecular flexibility index (Phi) is 11.5. The number of halogens is 1. The molecule has 0 fully saturated rings. The largest absolute Gasteiger partial charge is 0.329 e. The number of nitro groups is 2. The highest BCUT2D eigenvalue weighted by Gasteiger charge is 2.10. The van der Waals surface area contributed by atoms with E-state index in [0.29, 0.717) is 0 Å². The standard InChI is InChI=1S/C16H14N4O2.C13H11BrN2O2.C4H5N/c1-12(19-9-8-17-11-19)16-7-4-14(10-18-16)13-2-5-15(6-3-13)20(21)22;1-9(14)13-7-4-11(8-15-13)10-2-5-12(6-3-10)16(17)18;1-2-4-5-3-1/h2-12H,1H3;2-9H,1H3;1,3-4H,2H2. The number of hydrogen-bond acceptors (Lipinski definition) is 8. The van der Waals surface area contributed by atoms with Crippen LogP contribution in [0, 0.1) is 20.2 Å². The van der Waals surface area contributed by atoms with E-state index in [2.05, 4.69) is 42.8 Å². The van der Waals surface area contributed by atoms with E-state index in [1.54, 1.807) is 55.4 Å². The van der Waals surface area contributed by atoms with Gasteiger partial charge in [0.1, 0.15) is 0 Å². The summed E-state index contributed by atoms with van der Waals surface area (Å²) in [4.78, 5) is 37.3. The van der Waals surface area contributed by atoms with Gasteiger partial charge in [0.25, 0.3) is 11.4 Å². The average Bonchev–Trinajstić information content (AvgIpc) is 3.83. The van der Waals surface area contributed by atoms with Crippen LogP contribution in [-0.2, 0) is 0 Å². The summed E-state index contributed by atoms with van der Waals surface area (Å²) in [6, 6.07) is 20.8. The molecule has 0 saturated heterocycles. The number of alkyl halides is 1. The third kappa shape index (κ3) is 9.31. The SMILES string of the molecule is C1=CN=CC1.CC(Br)c1ccc(-c2ccc([N+](=O)[O-])cc2)cn1.CC(c1ccc(-c2ccc([N+](=O)[O-])cc2)cn1)n1ccnc1. The van der Waals surface area contributed by atoms with Crippen LogP contribution in [0.5, 0.6) is 0 Å². The number of rotatable bonds is 7. The van der Waals surface area contributed by atoms with Gasteiger partial charge in [-0.3, -0.25) is 35.2 Å². The van der Waals surface area contributed by atoms with Crippen LogP contribution in [0.1, 0.15) is 42.5 Å². The number of aromatic nitrogens is 4. The highest BCUT2D eigenvalue weighted by Crippen LogP contribution is 2.26. The lowest BCUT2D eigenvalue weighted by molar-refractivity contribution is -0.385. The summed E-state index contributed by atoms with van der Waals surface area (Å²) >= 11 is 3.45. The van der Waals surface area contributed by atoms with Crippen molar-refractivity contribution < 1.29 is 9.85 Å². The van der Waals surface area contributed by atoms with Gasteiger partial charge in [0.2, 0.25) is 0 Å². The van der Waals surface area contributed by atoms with E-state index >= 15 is 0 Å². The first-order valence-corrected chi connectivity index (χ1v) is 14.8. The molecule has 0 saturated carbocycles. The highest BCUT2D eigenvalue weighted by molar-refractivity contribution is 9.09. The first-order valence-electron chi connectivity index (χ1n) is 13.9. The fourth-order valence-corrected chi connectivity index (χ4v) is 4.41. The molecule has 3 aromatic heterocycles. The molecule has 2 atom stereocenters. The van der Waals surface area contributed by atoms with E-state index in [9.17, 15) is 20.2 Å². The molecule has 0 amide bonds. The van der Waals surface area contributed by atoms with Crippen LogP contribution in [0.3, 0.4) is 0 Å². The van der Waals surface area contributed by atoms with Crippen LogP contribution in [-0.4, -0.2) is 35.6 Å². The topological polar surface area (TPSA) is 142 Å². The summed E-state index contributed by atoms with van der Waals surface area (Å²) < 4.78 is 1.98. The molecule has 0 radical (unpaired) electrons. The maximum Gasteiger partial charge on any atom is 0.269 e. The summed E-state index contributed by atoms with van der Waals surface area (Å²) in [6.45, 7) is 4.06. The fourth-order valence-electron chi connectivity index (χ4n) is 4.14. The Morgan fingerprint density at radius 1 is 0.756 bits per heavy atom. The molecule has 12 heteroatoms. The van der Waals surface area contributed by atoms with Crippen molar-refractivity contribution in [2.45, 2.75) is 31.1 Å². The third-order valence-electron chi connectivity index (χ3n) is 6.74. The molecule has 1 aliphatic heterocycles. The maximum absolute atomic E-state index is 10.7. The van der Waals surface area contributed by atoms with Gasteiger partial charge in [-0.15, -0.1) is 0 Å². The predicted octanol–water partition coefficient (Wildman–Crippen LogP) is 8.55. The van der Waals surface area contributed by atoms with Crippen molar-refractivity contribution in [2.24, 2.45) is 4.99 Å². The molecule has 5 aromatic rings. The number of aliphatic imine (C=N–C) groups is 1. The van der Waals surface area contributed by atoms with E-state index in [1.807, 2.05) is 54.2 Å². The van der Waals surface area contributed by atoms with Crippen molar-refractivity contribution in [2.75, 3.05) is 0 Å². The van der Waals surface area contributed by atoms with E-state index in [4.69, 9.17) is 0 Å². The molecule has 228 valence electrons. The van der Waals surface area contributed by atoms with Gasteiger partial charge in [-0.2, -0.15) is 0 Å². The fraction of sp³-hybridized carbons (Fsp3) is 0.152. The summed E-state index contributed by atoms with van der Waals surface area (Å²) in [7, 11) is 0. The number of hydrogen-bond donors (Lipinski definition) is 0. The number of imidazole rings is 1. The van der Waals surface area contributed by atoms with Crippen molar-refractivity contribution in [1.29, 1.82) is 0 Å². The molecule has 0 spiro atoms. The zero-order valence-corrected chi connectivity index (χ0v) is 26.1. The van der Waals surface area contributed by atoms with Crippen LogP contribution in [0.15, 0.2) is 121 Å². The van der Waals surface area contributed by atoms with Gasteiger partial charge in [0.05, 0.1) is 38.4 Å². The third-order valence-corrected chi connectivity index (χ3v) is 7.21. The first-order chi connectivity index (χ1) is 21.7. The Morgan fingerprint density at radius 2 is 1.27 bits per heavy atom. The number of nitro benzene ring substituents is 2. The lowest BCUT2D eigenvalue weighted by atomic mass is 10.1. The Labute approximate surface area is 268 Å². The van der Waals surface area contributed by atoms with Crippen molar-refractivity contribution in [3.63, 3.8) is 0 Å². The summed E-state index contributed by atoms with van der Waals surface area (Å²) in [5, 5.41) is 21.2. The van der Waals surface area contributed by atoms with E-state index in [1.165, 1.54) is 24.3 Å². The maximum atomic E-state index is 10.7. The molecule has 2 aromatic carbocycles. The molecule has 4 heterocycles. The predicted molar refractivity (Wildman–Crippen MR) is 178 cm³/mol. The number of non-ortho nitro benzene ring substituents is 2. The molecular weight excluding hydrogens is 638 g/mol. The Hall–Kier alpha value is -5.36.